The van der Waals surface area contributed by atoms with Crippen molar-refractivity contribution in [3.8, 4) is 0 Å². The van der Waals surface area contributed by atoms with Crippen LogP contribution in [0.1, 0.15) is 6.92 Å². The van der Waals surface area contributed by atoms with Crippen molar-refractivity contribution in [2.75, 3.05) is 13.3 Å². The van der Waals surface area contributed by atoms with Gasteiger partial charge in [0.1, 0.15) is 0 Å². The largest absolute Gasteiger partial charge is 0.367 e. The molecule has 2 nitrogen and oxygen atoms in total. The van der Waals surface area contributed by atoms with E-state index in [9.17, 15) is 8.76 Å². The Bertz CT molecular complexity index is 84.9. The molecule has 0 heterocycles. The third-order valence-electron chi connectivity index (χ3n) is 0.650. The molecular weight excluding hydrogens is 118 g/mol. The molecule has 0 aromatic carbocycles. The van der Waals surface area contributed by atoms with Crippen LogP contribution in [-0.2, 0) is 9.09 Å². The molecular formula is C3H8FO2P. The summed E-state index contributed by atoms with van der Waals surface area (Å²) < 4.78 is 25.9. The summed E-state index contributed by atoms with van der Waals surface area (Å²) in [5.74, 6) is 0. The predicted octanol–water partition coefficient (Wildman–Crippen LogP) is 1.82. The van der Waals surface area contributed by atoms with Crippen LogP contribution in [0.5, 0.6) is 0 Å². The second-order valence-electron chi connectivity index (χ2n) is 1.09. The Hall–Kier alpha value is 0.120. The minimum Gasteiger partial charge on any atom is -0.309 e. The van der Waals surface area contributed by atoms with Crippen LogP contribution in [0.4, 0.5) is 4.20 Å². The summed E-state index contributed by atoms with van der Waals surface area (Å²) in [6.45, 7) is 1.48. The summed E-state index contributed by atoms with van der Waals surface area (Å²) in [5.41, 5.74) is 0. The second-order valence-corrected chi connectivity index (χ2v) is 3.27. The highest BCUT2D eigenvalue weighted by atomic mass is 31.2. The van der Waals surface area contributed by atoms with Gasteiger partial charge in [0, 0.05) is 7.11 Å². The fourth-order valence-corrected chi connectivity index (χ4v) is 0.387. The summed E-state index contributed by atoms with van der Waals surface area (Å²) in [6.07, 6.45) is -0.0382. The van der Waals surface area contributed by atoms with Gasteiger partial charge in [0.25, 0.3) is 0 Å². The lowest BCUT2D eigenvalue weighted by Crippen LogP contribution is -1.78. The van der Waals surface area contributed by atoms with Crippen molar-refractivity contribution < 1.29 is 13.3 Å². The van der Waals surface area contributed by atoms with E-state index in [2.05, 4.69) is 4.52 Å². The first-order chi connectivity index (χ1) is 3.12. The molecule has 0 radical (unpaired) electrons. The maximum absolute atomic E-state index is 11.9. The van der Waals surface area contributed by atoms with Gasteiger partial charge in [0.15, 0.2) is 0 Å². The third-order valence-corrected chi connectivity index (χ3v) is 1.95. The van der Waals surface area contributed by atoms with Crippen LogP contribution in [0.15, 0.2) is 0 Å². The lowest BCUT2D eigenvalue weighted by molar-refractivity contribution is 0.357. The number of hydrogen-bond donors (Lipinski definition) is 0. The van der Waals surface area contributed by atoms with E-state index in [1.807, 2.05) is 0 Å². The molecule has 0 aromatic heterocycles. The van der Waals surface area contributed by atoms with E-state index >= 15 is 0 Å². The Morgan fingerprint density at radius 1 is 1.86 bits per heavy atom. The molecule has 0 aliphatic rings. The predicted molar refractivity (Wildman–Crippen MR) is 26.3 cm³/mol. The molecule has 0 aliphatic carbocycles. The zero-order valence-electron chi connectivity index (χ0n) is 4.35. The quantitative estimate of drug-likeness (QED) is 0.527. The number of hydrogen-bond acceptors (Lipinski definition) is 2. The summed E-state index contributed by atoms with van der Waals surface area (Å²) in [4.78, 5) is 0. The van der Waals surface area contributed by atoms with Crippen molar-refractivity contribution in [2.45, 2.75) is 6.92 Å². The van der Waals surface area contributed by atoms with E-state index in [1.54, 1.807) is 0 Å². The zero-order chi connectivity index (χ0) is 5.91. The Morgan fingerprint density at radius 2 is 2.29 bits per heavy atom. The van der Waals surface area contributed by atoms with Crippen molar-refractivity contribution in [1.29, 1.82) is 0 Å². The van der Waals surface area contributed by atoms with Gasteiger partial charge in [-0.15, -0.1) is 0 Å². The average Bonchev–Trinajstić information content (AvgIpc) is 1.68. The fraction of sp³-hybridized carbons (Fsp3) is 1.00. The molecule has 0 amide bonds. The van der Waals surface area contributed by atoms with Crippen LogP contribution >= 0.6 is 7.68 Å². The first-order valence-corrected chi connectivity index (χ1v) is 3.67. The molecule has 0 rings (SSSR count). The number of halogens is 1. The molecule has 0 aromatic rings. The van der Waals surface area contributed by atoms with E-state index in [1.165, 1.54) is 6.92 Å². The van der Waals surface area contributed by atoms with Gasteiger partial charge in [-0.2, -0.15) is 4.20 Å². The van der Waals surface area contributed by atoms with Gasteiger partial charge < -0.3 is 4.52 Å². The fourth-order valence-electron chi connectivity index (χ4n) is 0.129. The van der Waals surface area contributed by atoms with Gasteiger partial charge in [-0.05, 0) is 0 Å². The van der Waals surface area contributed by atoms with E-state index in [0.717, 1.165) is 7.11 Å². The summed E-state index contributed by atoms with van der Waals surface area (Å²) in [7, 11) is -2.55. The monoisotopic (exact) mass is 126 g/mol. The molecule has 0 spiro atoms. The molecule has 44 valence electrons. The highest BCUT2D eigenvalue weighted by molar-refractivity contribution is 7.53. The molecule has 7 heavy (non-hydrogen) atoms. The highest BCUT2D eigenvalue weighted by Gasteiger charge is 2.14. The lowest BCUT2D eigenvalue weighted by Gasteiger charge is -1.98. The standard InChI is InChI=1S/C3H8FO2P/c1-3-7(4,5)6-2/h3H2,1-2H3. The zero-order valence-corrected chi connectivity index (χ0v) is 5.24. The second kappa shape index (κ2) is 2.43. The molecule has 0 aliphatic heterocycles. The van der Waals surface area contributed by atoms with E-state index in [0.29, 0.717) is 0 Å². The smallest absolute Gasteiger partial charge is 0.309 e. The average molecular weight is 126 g/mol. The molecule has 0 N–H and O–H groups in total. The topological polar surface area (TPSA) is 26.3 Å². The summed E-state index contributed by atoms with van der Waals surface area (Å²) in [6, 6.07) is 0. The molecule has 0 fully saturated rings. The molecule has 0 bridgehead atoms. The lowest BCUT2D eigenvalue weighted by atomic mass is 11.0. The minimum atomic E-state index is -3.65. The van der Waals surface area contributed by atoms with Crippen molar-refractivity contribution in [3.63, 3.8) is 0 Å². The van der Waals surface area contributed by atoms with Gasteiger partial charge >= 0.3 is 7.68 Å². The summed E-state index contributed by atoms with van der Waals surface area (Å²) >= 11 is 0. The Labute approximate surface area is 42.2 Å². The van der Waals surface area contributed by atoms with Crippen LogP contribution in [0, 0.1) is 0 Å². The van der Waals surface area contributed by atoms with Gasteiger partial charge in [-0.25, -0.2) is 0 Å². The first-order valence-electron chi connectivity index (χ1n) is 1.97. The Kier molecular flexibility index (Phi) is 2.47. The molecule has 1 unspecified atom stereocenters. The minimum absolute atomic E-state index is 0.0382. The first kappa shape index (κ1) is 7.12. The third kappa shape index (κ3) is 2.77. The maximum Gasteiger partial charge on any atom is 0.367 e. The van der Waals surface area contributed by atoms with Crippen molar-refractivity contribution >= 4 is 7.68 Å². The Morgan fingerprint density at radius 3 is 2.29 bits per heavy atom. The maximum atomic E-state index is 11.9. The molecule has 0 saturated heterocycles. The SMILES string of the molecule is CCP(=O)(F)OC. The van der Waals surface area contributed by atoms with Crippen LogP contribution < -0.4 is 0 Å². The van der Waals surface area contributed by atoms with E-state index in [4.69, 9.17) is 0 Å². The normalized spacial score (nSPS) is 18.7. The van der Waals surface area contributed by atoms with Gasteiger partial charge in [0.2, 0.25) is 0 Å². The van der Waals surface area contributed by atoms with Crippen molar-refractivity contribution in [1.82, 2.24) is 0 Å². The van der Waals surface area contributed by atoms with Gasteiger partial charge in [-0.3, -0.25) is 4.57 Å². The highest BCUT2D eigenvalue weighted by Crippen LogP contribution is 2.46. The van der Waals surface area contributed by atoms with E-state index < -0.39 is 7.68 Å². The van der Waals surface area contributed by atoms with Crippen LogP contribution in [0.2, 0.25) is 0 Å². The van der Waals surface area contributed by atoms with Crippen LogP contribution in [-0.4, -0.2) is 13.3 Å². The molecule has 0 saturated carbocycles. The van der Waals surface area contributed by atoms with Crippen LogP contribution in [0.25, 0.3) is 0 Å². The number of rotatable bonds is 2. The van der Waals surface area contributed by atoms with Crippen molar-refractivity contribution in [2.24, 2.45) is 0 Å². The molecule has 1 atom stereocenters. The van der Waals surface area contributed by atoms with Crippen LogP contribution in [0.3, 0.4) is 0 Å². The Balaban J connectivity index is 3.61. The van der Waals surface area contributed by atoms with E-state index in [-0.39, 0.29) is 6.16 Å². The van der Waals surface area contributed by atoms with Gasteiger partial charge in [-0.1, -0.05) is 6.92 Å². The van der Waals surface area contributed by atoms with Crippen molar-refractivity contribution in [3.05, 3.63) is 0 Å². The van der Waals surface area contributed by atoms with Gasteiger partial charge in [0.05, 0.1) is 6.16 Å². The summed E-state index contributed by atoms with van der Waals surface area (Å²) in [5, 5.41) is 0. The molecule has 4 heteroatoms.